The number of carbonyl (C=O) groups is 2. The number of carbonyl (C=O) groups excluding carboxylic acids is 1. The molecule has 0 heterocycles. The number of benzene rings is 1. The zero-order valence-corrected chi connectivity index (χ0v) is 11.5. The van der Waals surface area contributed by atoms with Crippen molar-refractivity contribution in [3.8, 4) is 0 Å². The van der Waals surface area contributed by atoms with E-state index in [0.717, 1.165) is 10.0 Å². The molecule has 1 fully saturated rings. The number of amides is 1. The van der Waals surface area contributed by atoms with E-state index in [9.17, 15) is 9.59 Å². The van der Waals surface area contributed by atoms with Crippen molar-refractivity contribution >= 4 is 27.8 Å². The Balaban J connectivity index is 1.97. The van der Waals surface area contributed by atoms with Gasteiger partial charge < -0.3 is 10.4 Å². The van der Waals surface area contributed by atoms with Gasteiger partial charge in [-0.15, -0.1) is 0 Å². The Morgan fingerprint density at radius 2 is 2.06 bits per heavy atom. The van der Waals surface area contributed by atoms with Gasteiger partial charge in [0.2, 0.25) is 0 Å². The van der Waals surface area contributed by atoms with Gasteiger partial charge in [-0.05, 0) is 47.3 Å². The first-order chi connectivity index (χ1) is 8.49. The standard InChI is InChI=1S/C13H14BrNO3/c1-7-3-2-4-10(11(7)14)12(16)15-9-5-8(6-9)13(17)18/h2-4,8-9H,5-6H2,1H3,(H,15,16)(H,17,18). The predicted molar refractivity (Wildman–Crippen MR) is 70.5 cm³/mol. The van der Waals surface area contributed by atoms with Crippen molar-refractivity contribution in [2.75, 3.05) is 0 Å². The second-order valence-corrected chi connectivity index (χ2v) is 5.41. The van der Waals surface area contributed by atoms with Gasteiger partial charge >= 0.3 is 5.97 Å². The van der Waals surface area contributed by atoms with Crippen molar-refractivity contribution in [3.05, 3.63) is 33.8 Å². The molecule has 1 aliphatic carbocycles. The van der Waals surface area contributed by atoms with Gasteiger partial charge in [0.05, 0.1) is 11.5 Å². The van der Waals surface area contributed by atoms with Crippen molar-refractivity contribution in [2.24, 2.45) is 5.92 Å². The monoisotopic (exact) mass is 311 g/mol. The summed E-state index contributed by atoms with van der Waals surface area (Å²) in [5, 5.41) is 11.6. The van der Waals surface area contributed by atoms with Crippen LogP contribution in [-0.4, -0.2) is 23.0 Å². The molecular weight excluding hydrogens is 298 g/mol. The molecule has 0 atom stereocenters. The molecule has 5 heteroatoms. The second kappa shape index (κ2) is 5.10. The Morgan fingerprint density at radius 3 is 2.67 bits per heavy atom. The van der Waals surface area contributed by atoms with E-state index in [1.54, 1.807) is 6.07 Å². The first-order valence-electron chi connectivity index (χ1n) is 5.78. The fourth-order valence-corrected chi connectivity index (χ4v) is 2.47. The quantitative estimate of drug-likeness (QED) is 0.900. The lowest BCUT2D eigenvalue weighted by Crippen LogP contribution is -2.46. The molecule has 1 saturated carbocycles. The van der Waals surface area contributed by atoms with E-state index in [1.165, 1.54) is 0 Å². The summed E-state index contributed by atoms with van der Waals surface area (Å²) in [5.74, 6) is -1.24. The number of aryl methyl sites for hydroxylation is 1. The van der Waals surface area contributed by atoms with E-state index in [0.29, 0.717) is 18.4 Å². The normalized spacial score (nSPS) is 22.1. The van der Waals surface area contributed by atoms with Gasteiger partial charge in [-0.2, -0.15) is 0 Å². The Labute approximate surface area is 114 Å². The molecule has 0 aliphatic heterocycles. The molecule has 1 aromatic carbocycles. The molecule has 0 aromatic heterocycles. The zero-order valence-electron chi connectivity index (χ0n) is 9.94. The Morgan fingerprint density at radius 1 is 1.39 bits per heavy atom. The smallest absolute Gasteiger partial charge is 0.306 e. The number of carboxylic acid groups (broad SMARTS) is 1. The molecule has 0 saturated heterocycles. The summed E-state index contributed by atoms with van der Waals surface area (Å²) < 4.78 is 0.789. The van der Waals surface area contributed by atoms with Crippen LogP contribution in [0.5, 0.6) is 0 Å². The molecule has 96 valence electrons. The van der Waals surface area contributed by atoms with Gasteiger partial charge in [-0.25, -0.2) is 0 Å². The average Bonchev–Trinajstić information content (AvgIpc) is 2.25. The van der Waals surface area contributed by atoms with Crippen molar-refractivity contribution in [1.82, 2.24) is 5.32 Å². The lowest BCUT2D eigenvalue weighted by atomic mass is 9.80. The minimum atomic E-state index is -0.780. The minimum Gasteiger partial charge on any atom is -0.481 e. The molecular formula is C13H14BrNO3. The number of halogens is 1. The third-order valence-corrected chi connectivity index (χ3v) is 4.31. The van der Waals surface area contributed by atoms with Crippen molar-refractivity contribution < 1.29 is 14.7 Å². The van der Waals surface area contributed by atoms with Crippen molar-refractivity contribution in [1.29, 1.82) is 0 Å². The Kier molecular flexibility index (Phi) is 3.71. The highest BCUT2D eigenvalue weighted by Crippen LogP contribution is 2.28. The third kappa shape index (κ3) is 2.56. The summed E-state index contributed by atoms with van der Waals surface area (Å²) in [6.45, 7) is 1.92. The van der Waals surface area contributed by atoms with Crippen LogP contribution in [0.25, 0.3) is 0 Å². The van der Waals surface area contributed by atoms with Crippen LogP contribution in [0.1, 0.15) is 28.8 Å². The molecule has 0 unspecified atom stereocenters. The summed E-state index contributed by atoms with van der Waals surface area (Å²) in [4.78, 5) is 22.7. The first-order valence-corrected chi connectivity index (χ1v) is 6.57. The topological polar surface area (TPSA) is 66.4 Å². The molecule has 2 rings (SSSR count). The van der Waals surface area contributed by atoms with Crippen molar-refractivity contribution in [3.63, 3.8) is 0 Å². The van der Waals surface area contributed by atoms with Gasteiger partial charge in [0, 0.05) is 10.5 Å². The molecule has 18 heavy (non-hydrogen) atoms. The maximum atomic E-state index is 12.0. The molecule has 2 N–H and O–H groups in total. The lowest BCUT2D eigenvalue weighted by Gasteiger charge is -2.32. The third-order valence-electron chi connectivity index (χ3n) is 3.26. The lowest BCUT2D eigenvalue weighted by molar-refractivity contribution is -0.145. The van der Waals surface area contributed by atoms with Crippen LogP contribution in [0.3, 0.4) is 0 Å². The highest BCUT2D eigenvalue weighted by Gasteiger charge is 2.35. The largest absolute Gasteiger partial charge is 0.481 e. The summed E-state index contributed by atoms with van der Waals surface area (Å²) in [7, 11) is 0. The van der Waals surface area contributed by atoms with Gasteiger partial charge in [-0.3, -0.25) is 9.59 Å². The van der Waals surface area contributed by atoms with E-state index in [1.807, 2.05) is 19.1 Å². The van der Waals surface area contributed by atoms with Crippen molar-refractivity contribution in [2.45, 2.75) is 25.8 Å². The number of nitrogens with one attached hydrogen (secondary N) is 1. The molecule has 1 aliphatic rings. The van der Waals surface area contributed by atoms with Gasteiger partial charge in [0.25, 0.3) is 5.91 Å². The molecule has 0 radical (unpaired) electrons. The molecule has 1 amide bonds. The molecule has 0 spiro atoms. The van der Waals surface area contributed by atoms with Crippen LogP contribution in [0.2, 0.25) is 0 Å². The van der Waals surface area contributed by atoms with E-state index >= 15 is 0 Å². The summed E-state index contributed by atoms with van der Waals surface area (Å²) in [6, 6.07) is 5.48. The number of carboxylic acids is 1. The molecule has 0 bridgehead atoms. The number of rotatable bonds is 3. The van der Waals surface area contributed by atoms with Crippen LogP contribution in [0, 0.1) is 12.8 Å². The second-order valence-electron chi connectivity index (χ2n) is 4.61. The first kappa shape index (κ1) is 13.1. The Hall–Kier alpha value is -1.36. The van der Waals surface area contributed by atoms with Crippen LogP contribution in [-0.2, 0) is 4.79 Å². The molecule has 4 nitrogen and oxygen atoms in total. The van der Waals surface area contributed by atoms with Crippen LogP contribution >= 0.6 is 15.9 Å². The maximum Gasteiger partial charge on any atom is 0.306 e. The number of aliphatic carboxylic acids is 1. The fraction of sp³-hybridized carbons (Fsp3) is 0.385. The maximum absolute atomic E-state index is 12.0. The Bertz CT molecular complexity index is 495. The van der Waals surface area contributed by atoms with Crippen LogP contribution in [0.4, 0.5) is 0 Å². The van der Waals surface area contributed by atoms with E-state index in [-0.39, 0.29) is 17.9 Å². The van der Waals surface area contributed by atoms with E-state index in [4.69, 9.17) is 5.11 Å². The minimum absolute atomic E-state index is 0.0222. The fourth-order valence-electron chi connectivity index (χ4n) is 2.02. The van der Waals surface area contributed by atoms with E-state index < -0.39 is 5.97 Å². The van der Waals surface area contributed by atoms with Gasteiger partial charge in [0.1, 0.15) is 0 Å². The summed E-state index contributed by atoms with van der Waals surface area (Å²) in [6.07, 6.45) is 1.04. The SMILES string of the molecule is Cc1cccc(C(=O)NC2CC(C(=O)O)C2)c1Br. The van der Waals surface area contributed by atoms with E-state index in [2.05, 4.69) is 21.2 Å². The van der Waals surface area contributed by atoms with Crippen LogP contribution < -0.4 is 5.32 Å². The van der Waals surface area contributed by atoms with Gasteiger partial charge in [-0.1, -0.05) is 12.1 Å². The van der Waals surface area contributed by atoms with Gasteiger partial charge in [0.15, 0.2) is 0 Å². The highest BCUT2D eigenvalue weighted by molar-refractivity contribution is 9.10. The molecule has 1 aromatic rings. The summed E-state index contributed by atoms with van der Waals surface area (Å²) >= 11 is 3.39. The highest BCUT2D eigenvalue weighted by atomic mass is 79.9. The average molecular weight is 312 g/mol. The summed E-state index contributed by atoms with van der Waals surface area (Å²) in [5.41, 5.74) is 1.59. The predicted octanol–water partition coefficient (Wildman–Crippen LogP) is 2.35. The zero-order chi connectivity index (χ0) is 13.3. The number of hydrogen-bond acceptors (Lipinski definition) is 2. The number of hydrogen-bond donors (Lipinski definition) is 2. The van der Waals surface area contributed by atoms with Crippen LogP contribution in [0.15, 0.2) is 22.7 Å².